The molecule has 18 heavy (non-hydrogen) atoms. The van der Waals surface area contributed by atoms with E-state index in [0.717, 1.165) is 17.7 Å². The average molecular weight is 300 g/mol. The normalized spacial score (nSPS) is 12.8. The van der Waals surface area contributed by atoms with E-state index in [1.54, 1.807) is 6.92 Å². The smallest absolute Gasteiger partial charge is 0.324 e. The van der Waals surface area contributed by atoms with Gasteiger partial charge in [-0.25, -0.2) is 0 Å². The molecule has 1 rings (SSSR count). The highest BCUT2D eigenvalue weighted by Crippen LogP contribution is 2.33. The highest BCUT2D eigenvalue weighted by Gasteiger charge is 2.31. The van der Waals surface area contributed by atoms with Crippen LogP contribution in [0.5, 0.6) is 0 Å². The summed E-state index contributed by atoms with van der Waals surface area (Å²) >= 11 is 5.66. The van der Waals surface area contributed by atoms with Gasteiger partial charge in [-0.1, -0.05) is 17.2 Å². The van der Waals surface area contributed by atoms with Crippen LogP contribution in [0.3, 0.4) is 0 Å². The van der Waals surface area contributed by atoms with E-state index >= 15 is 0 Å². The molecule has 0 heterocycles. The van der Waals surface area contributed by atoms with Crippen LogP contribution in [-0.4, -0.2) is 0 Å². The van der Waals surface area contributed by atoms with Crippen LogP contribution in [0, 0.1) is 0 Å². The first-order chi connectivity index (χ1) is 7.70. The van der Waals surface area contributed by atoms with Gasteiger partial charge in [0.15, 0.2) is 0 Å². The first-order valence-corrected chi connectivity index (χ1v) is 5.35. The zero-order valence-electron chi connectivity index (χ0n) is 9.72. The van der Waals surface area contributed by atoms with Crippen molar-refractivity contribution < 1.29 is 13.2 Å². The van der Waals surface area contributed by atoms with Gasteiger partial charge in [-0.05, 0) is 37.1 Å². The fraction of sp³-hybridized carbons (Fsp3) is 0.333. The standard InChI is InChI=1S/C12H13ClF3N.ClH/c1-7(2)3-11(17)8-4-9(12(14,15)16)6-10(13)5-8;/h4-6,11H,1,3,17H2,2H3;1H/t11-;/m1./s1. The molecule has 1 atom stereocenters. The van der Waals surface area contributed by atoms with Crippen molar-refractivity contribution in [1.82, 2.24) is 0 Å². The number of hydrogen-bond acceptors (Lipinski definition) is 1. The van der Waals surface area contributed by atoms with Gasteiger partial charge in [0, 0.05) is 11.1 Å². The van der Waals surface area contributed by atoms with Crippen LogP contribution >= 0.6 is 24.0 Å². The van der Waals surface area contributed by atoms with Crippen molar-refractivity contribution in [2.75, 3.05) is 0 Å². The van der Waals surface area contributed by atoms with Crippen molar-refractivity contribution in [3.63, 3.8) is 0 Å². The molecule has 0 aliphatic rings. The SMILES string of the molecule is C=C(C)C[C@@H](N)c1cc(Cl)cc(C(F)(F)F)c1.Cl. The quantitative estimate of drug-likeness (QED) is 0.801. The van der Waals surface area contributed by atoms with Gasteiger partial charge in [0.25, 0.3) is 0 Å². The van der Waals surface area contributed by atoms with E-state index in [0.29, 0.717) is 12.0 Å². The zero-order chi connectivity index (χ0) is 13.2. The second-order valence-corrected chi connectivity index (χ2v) is 4.48. The molecular formula is C12H14Cl2F3N. The Hall–Kier alpha value is -0.710. The fourth-order valence-corrected chi connectivity index (χ4v) is 1.73. The van der Waals surface area contributed by atoms with Crippen LogP contribution in [0.2, 0.25) is 5.02 Å². The van der Waals surface area contributed by atoms with Gasteiger partial charge in [-0.3, -0.25) is 0 Å². The maximum absolute atomic E-state index is 12.6. The van der Waals surface area contributed by atoms with Crippen molar-refractivity contribution in [3.05, 3.63) is 46.5 Å². The third kappa shape index (κ3) is 4.88. The molecule has 2 N–H and O–H groups in total. The van der Waals surface area contributed by atoms with Crippen LogP contribution in [-0.2, 0) is 6.18 Å². The van der Waals surface area contributed by atoms with Gasteiger partial charge in [0.2, 0.25) is 0 Å². The van der Waals surface area contributed by atoms with E-state index in [1.807, 2.05) is 0 Å². The molecule has 1 aromatic carbocycles. The summed E-state index contributed by atoms with van der Waals surface area (Å²) in [6.07, 6.45) is -3.99. The third-order valence-corrected chi connectivity index (χ3v) is 2.46. The summed E-state index contributed by atoms with van der Waals surface area (Å²) in [6.45, 7) is 5.45. The minimum atomic E-state index is -4.41. The number of rotatable bonds is 3. The van der Waals surface area contributed by atoms with Gasteiger partial charge in [0.1, 0.15) is 0 Å². The van der Waals surface area contributed by atoms with Crippen LogP contribution in [0.1, 0.15) is 30.5 Å². The minimum absolute atomic E-state index is 0. The number of halogens is 5. The summed E-state index contributed by atoms with van der Waals surface area (Å²) in [6, 6.07) is 2.84. The molecule has 0 amide bonds. The van der Waals surface area contributed by atoms with Gasteiger partial charge >= 0.3 is 6.18 Å². The fourth-order valence-electron chi connectivity index (χ4n) is 1.48. The van der Waals surface area contributed by atoms with E-state index in [-0.39, 0.29) is 17.4 Å². The Balaban J connectivity index is 0.00000289. The van der Waals surface area contributed by atoms with E-state index in [9.17, 15) is 13.2 Å². The highest BCUT2D eigenvalue weighted by molar-refractivity contribution is 6.30. The van der Waals surface area contributed by atoms with Crippen molar-refractivity contribution in [3.8, 4) is 0 Å². The van der Waals surface area contributed by atoms with E-state index in [1.165, 1.54) is 6.07 Å². The van der Waals surface area contributed by atoms with E-state index in [4.69, 9.17) is 17.3 Å². The van der Waals surface area contributed by atoms with Gasteiger partial charge in [-0.15, -0.1) is 19.0 Å². The maximum Gasteiger partial charge on any atom is 0.416 e. The first kappa shape index (κ1) is 17.3. The summed E-state index contributed by atoms with van der Waals surface area (Å²) in [5.74, 6) is 0. The molecule has 1 aromatic rings. The van der Waals surface area contributed by atoms with Crippen molar-refractivity contribution in [2.24, 2.45) is 5.73 Å². The van der Waals surface area contributed by atoms with Crippen LogP contribution in [0.25, 0.3) is 0 Å². The Morgan fingerprint density at radius 2 is 1.94 bits per heavy atom. The topological polar surface area (TPSA) is 26.0 Å². The Morgan fingerprint density at radius 3 is 2.39 bits per heavy atom. The molecule has 0 aliphatic carbocycles. The number of alkyl halides is 3. The second kappa shape index (κ2) is 6.45. The third-order valence-electron chi connectivity index (χ3n) is 2.24. The lowest BCUT2D eigenvalue weighted by Crippen LogP contribution is -2.13. The maximum atomic E-state index is 12.6. The largest absolute Gasteiger partial charge is 0.416 e. The molecule has 102 valence electrons. The predicted molar refractivity (Wildman–Crippen MR) is 70.1 cm³/mol. The van der Waals surface area contributed by atoms with Crippen LogP contribution in [0.4, 0.5) is 13.2 Å². The monoisotopic (exact) mass is 299 g/mol. The lowest BCUT2D eigenvalue weighted by molar-refractivity contribution is -0.137. The molecule has 0 unspecified atom stereocenters. The summed E-state index contributed by atoms with van der Waals surface area (Å²) in [4.78, 5) is 0. The van der Waals surface area contributed by atoms with Gasteiger partial charge in [0.05, 0.1) is 5.56 Å². The molecule has 1 nitrogen and oxygen atoms in total. The van der Waals surface area contributed by atoms with Gasteiger partial charge in [-0.2, -0.15) is 13.2 Å². The summed E-state index contributed by atoms with van der Waals surface area (Å²) in [7, 11) is 0. The van der Waals surface area contributed by atoms with E-state index in [2.05, 4.69) is 6.58 Å². The summed E-state index contributed by atoms with van der Waals surface area (Å²) in [5.41, 5.74) is 6.19. The lowest BCUT2D eigenvalue weighted by atomic mass is 9.99. The molecule has 0 bridgehead atoms. The molecule has 0 radical (unpaired) electrons. The molecule has 6 heteroatoms. The van der Waals surface area contributed by atoms with Crippen molar-refractivity contribution in [2.45, 2.75) is 25.6 Å². The number of hydrogen-bond donors (Lipinski definition) is 1. The molecular weight excluding hydrogens is 286 g/mol. The van der Waals surface area contributed by atoms with Crippen LogP contribution in [0.15, 0.2) is 30.4 Å². The summed E-state index contributed by atoms with van der Waals surface area (Å²) in [5, 5.41) is 0.0343. The zero-order valence-corrected chi connectivity index (χ0v) is 11.3. The first-order valence-electron chi connectivity index (χ1n) is 4.98. The Labute approximate surface area is 115 Å². The van der Waals surface area contributed by atoms with Crippen LogP contribution < -0.4 is 5.73 Å². The van der Waals surface area contributed by atoms with Gasteiger partial charge < -0.3 is 5.73 Å². The Morgan fingerprint density at radius 1 is 1.39 bits per heavy atom. The van der Waals surface area contributed by atoms with Crippen molar-refractivity contribution >= 4 is 24.0 Å². The minimum Gasteiger partial charge on any atom is -0.324 e. The summed E-state index contributed by atoms with van der Waals surface area (Å²) < 4.78 is 37.7. The average Bonchev–Trinajstić information content (AvgIpc) is 2.14. The molecule has 0 aromatic heterocycles. The molecule has 0 aliphatic heterocycles. The molecule has 0 spiro atoms. The Kier molecular flexibility index (Phi) is 6.20. The Bertz CT molecular complexity index is 430. The number of benzene rings is 1. The predicted octanol–water partition coefficient (Wildman–Crippen LogP) is 4.75. The lowest BCUT2D eigenvalue weighted by Gasteiger charge is -2.15. The molecule has 0 saturated carbocycles. The highest BCUT2D eigenvalue weighted by atomic mass is 35.5. The molecule has 0 fully saturated rings. The second-order valence-electron chi connectivity index (χ2n) is 4.04. The molecule has 0 saturated heterocycles. The number of nitrogens with two attached hydrogens (primary N) is 1. The van der Waals surface area contributed by atoms with E-state index < -0.39 is 17.8 Å². The van der Waals surface area contributed by atoms with Crippen molar-refractivity contribution in [1.29, 1.82) is 0 Å².